The number of ketones is 1. The molecule has 0 bridgehead atoms. The number of hydrogen-bond donors (Lipinski definition) is 2. The Balaban J connectivity index is 1.46. The maximum Gasteiger partial charge on any atom is 0.310 e. The quantitative estimate of drug-likeness (QED) is 0.503. The number of ether oxygens (including phenoxy) is 1. The minimum Gasteiger partial charge on any atom is -0.504 e. The van der Waals surface area contributed by atoms with E-state index in [-0.39, 0.29) is 23.7 Å². The first-order valence-corrected chi connectivity index (χ1v) is 10.7. The average Bonchev–Trinajstić information content (AvgIpc) is 3.14. The Bertz CT molecular complexity index is 1140. The van der Waals surface area contributed by atoms with Crippen LogP contribution in [0.2, 0.25) is 0 Å². The van der Waals surface area contributed by atoms with Crippen molar-refractivity contribution in [3.05, 3.63) is 94.5 Å². The van der Waals surface area contributed by atoms with Crippen molar-refractivity contribution in [2.24, 2.45) is 5.41 Å². The summed E-state index contributed by atoms with van der Waals surface area (Å²) < 4.78 is 5.75. The zero-order valence-electron chi connectivity index (χ0n) is 18.0. The van der Waals surface area contributed by atoms with E-state index in [9.17, 15) is 19.8 Å². The Morgan fingerprint density at radius 3 is 2.34 bits per heavy atom. The third-order valence-corrected chi connectivity index (χ3v) is 6.14. The number of aliphatic carboxylic acids is 1. The summed E-state index contributed by atoms with van der Waals surface area (Å²) in [6.45, 7) is 2.38. The van der Waals surface area contributed by atoms with Crippen molar-refractivity contribution in [2.75, 3.05) is 6.61 Å². The van der Waals surface area contributed by atoms with Crippen LogP contribution in [0.1, 0.15) is 39.0 Å². The molecule has 32 heavy (non-hydrogen) atoms. The smallest absolute Gasteiger partial charge is 0.310 e. The van der Waals surface area contributed by atoms with Gasteiger partial charge in [0.05, 0.1) is 12.0 Å². The topological polar surface area (TPSA) is 83.8 Å². The molecule has 0 saturated heterocycles. The number of Topliss-reactive ketones (excluding diaryl/α,β-unsaturated/α-hetero) is 1. The summed E-state index contributed by atoms with van der Waals surface area (Å²) in [6.07, 6.45) is 1.23. The van der Waals surface area contributed by atoms with Crippen LogP contribution in [0.5, 0.6) is 11.5 Å². The minimum absolute atomic E-state index is 0.0491. The maximum absolute atomic E-state index is 13.1. The van der Waals surface area contributed by atoms with Gasteiger partial charge in [-0.2, -0.15) is 0 Å². The van der Waals surface area contributed by atoms with Crippen molar-refractivity contribution >= 4 is 11.8 Å². The van der Waals surface area contributed by atoms with Crippen molar-refractivity contribution in [3.8, 4) is 11.5 Å². The summed E-state index contributed by atoms with van der Waals surface area (Å²) in [6, 6.07) is 20.2. The molecule has 1 aliphatic rings. The molecule has 0 aliphatic heterocycles. The van der Waals surface area contributed by atoms with E-state index in [1.165, 1.54) is 23.8 Å². The minimum atomic E-state index is -1.15. The van der Waals surface area contributed by atoms with Gasteiger partial charge < -0.3 is 14.9 Å². The third kappa shape index (κ3) is 4.52. The van der Waals surface area contributed by atoms with E-state index in [0.717, 1.165) is 16.7 Å². The van der Waals surface area contributed by atoms with Gasteiger partial charge in [-0.05, 0) is 54.7 Å². The van der Waals surface area contributed by atoms with Gasteiger partial charge in [-0.15, -0.1) is 0 Å². The molecule has 2 N–H and O–H groups in total. The van der Waals surface area contributed by atoms with Crippen molar-refractivity contribution in [1.82, 2.24) is 0 Å². The summed E-state index contributed by atoms with van der Waals surface area (Å²) in [7, 11) is 0. The van der Waals surface area contributed by atoms with E-state index in [1.54, 1.807) is 0 Å². The Morgan fingerprint density at radius 2 is 1.69 bits per heavy atom. The highest BCUT2D eigenvalue weighted by Crippen LogP contribution is 2.41. The van der Waals surface area contributed by atoms with Gasteiger partial charge in [-0.1, -0.05) is 54.1 Å². The van der Waals surface area contributed by atoms with E-state index in [0.29, 0.717) is 31.4 Å². The normalized spacial score (nSPS) is 14.0. The molecule has 0 atom stereocenters. The van der Waals surface area contributed by atoms with Crippen molar-refractivity contribution in [3.63, 3.8) is 0 Å². The van der Waals surface area contributed by atoms with Gasteiger partial charge >= 0.3 is 5.97 Å². The number of aromatic hydroxyl groups is 1. The Labute approximate surface area is 187 Å². The first kappa shape index (κ1) is 21.6. The molecule has 0 spiro atoms. The number of carboxylic acid groups (broad SMARTS) is 1. The molecular formula is C27H26O5. The number of hydrogen-bond acceptors (Lipinski definition) is 4. The highest BCUT2D eigenvalue weighted by molar-refractivity contribution is 5.99. The van der Waals surface area contributed by atoms with Crippen LogP contribution >= 0.6 is 0 Å². The summed E-state index contributed by atoms with van der Waals surface area (Å²) in [5, 5.41) is 20.1. The SMILES string of the molecule is Cc1cccc(CCOc2cc(C(=O)CC3(C(=O)O)Cc4ccccc4C3)ccc2O)c1. The number of fused-ring (bicyclic) bond motifs is 1. The number of phenols is 1. The van der Waals surface area contributed by atoms with Crippen LogP contribution < -0.4 is 4.74 Å². The average molecular weight is 431 g/mol. The Morgan fingerprint density at radius 1 is 0.969 bits per heavy atom. The Kier molecular flexibility index (Phi) is 5.99. The lowest BCUT2D eigenvalue weighted by Gasteiger charge is -2.23. The molecule has 3 aromatic carbocycles. The number of phenolic OH excluding ortho intramolecular Hbond substituents is 1. The number of carbonyl (C=O) groups excluding carboxylic acids is 1. The van der Waals surface area contributed by atoms with Crippen molar-refractivity contribution in [1.29, 1.82) is 0 Å². The molecule has 0 saturated carbocycles. The number of benzene rings is 3. The number of carboxylic acids is 1. The molecule has 0 unspecified atom stereocenters. The van der Waals surface area contributed by atoms with Gasteiger partial charge in [-0.25, -0.2) is 0 Å². The van der Waals surface area contributed by atoms with Crippen molar-refractivity contribution < 1.29 is 24.5 Å². The van der Waals surface area contributed by atoms with Gasteiger partial charge in [0.25, 0.3) is 0 Å². The maximum atomic E-state index is 13.1. The second-order valence-electron chi connectivity index (χ2n) is 8.58. The van der Waals surface area contributed by atoms with E-state index < -0.39 is 11.4 Å². The molecule has 0 heterocycles. The lowest BCUT2D eigenvalue weighted by Crippen LogP contribution is -2.34. The highest BCUT2D eigenvalue weighted by Gasteiger charge is 2.45. The zero-order chi connectivity index (χ0) is 22.7. The lowest BCUT2D eigenvalue weighted by atomic mass is 9.79. The summed E-state index contributed by atoms with van der Waals surface area (Å²) in [5.41, 5.74) is 3.44. The summed E-state index contributed by atoms with van der Waals surface area (Å²) in [4.78, 5) is 25.2. The molecule has 0 fully saturated rings. The van der Waals surface area contributed by atoms with E-state index in [2.05, 4.69) is 6.07 Å². The number of rotatable bonds is 8. The fraction of sp³-hybridized carbons (Fsp3) is 0.259. The van der Waals surface area contributed by atoms with Crippen LogP contribution in [-0.4, -0.2) is 28.6 Å². The van der Waals surface area contributed by atoms with Crippen LogP contribution in [0.15, 0.2) is 66.7 Å². The lowest BCUT2D eigenvalue weighted by molar-refractivity contribution is -0.148. The largest absolute Gasteiger partial charge is 0.504 e. The first-order valence-electron chi connectivity index (χ1n) is 10.7. The zero-order valence-corrected chi connectivity index (χ0v) is 18.0. The van der Waals surface area contributed by atoms with Crippen LogP contribution in [0.4, 0.5) is 0 Å². The first-order chi connectivity index (χ1) is 15.4. The number of carbonyl (C=O) groups is 2. The summed E-state index contributed by atoms with van der Waals surface area (Å²) in [5.74, 6) is -1.06. The molecule has 3 aromatic rings. The summed E-state index contributed by atoms with van der Waals surface area (Å²) >= 11 is 0. The van der Waals surface area contributed by atoms with Crippen LogP contribution in [0.3, 0.4) is 0 Å². The molecule has 0 amide bonds. The fourth-order valence-corrected chi connectivity index (χ4v) is 4.40. The molecule has 4 rings (SSSR count). The van der Waals surface area contributed by atoms with Crippen LogP contribution in [-0.2, 0) is 24.1 Å². The van der Waals surface area contributed by atoms with E-state index >= 15 is 0 Å². The van der Waals surface area contributed by atoms with E-state index in [1.807, 2.05) is 49.4 Å². The molecule has 164 valence electrons. The van der Waals surface area contributed by atoms with E-state index in [4.69, 9.17) is 4.74 Å². The second-order valence-corrected chi connectivity index (χ2v) is 8.58. The van der Waals surface area contributed by atoms with Gasteiger partial charge in [0.2, 0.25) is 0 Å². The molecule has 5 nitrogen and oxygen atoms in total. The van der Waals surface area contributed by atoms with Gasteiger partial charge in [0.15, 0.2) is 17.3 Å². The molecular weight excluding hydrogens is 404 g/mol. The molecule has 5 heteroatoms. The van der Waals surface area contributed by atoms with Gasteiger partial charge in [0.1, 0.15) is 0 Å². The van der Waals surface area contributed by atoms with Crippen LogP contribution in [0, 0.1) is 12.3 Å². The van der Waals surface area contributed by atoms with Gasteiger partial charge in [0, 0.05) is 18.4 Å². The third-order valence-electron chi connectivity index (χ3n) is 6.14. The molecule has 0 radical (unpaired) electrons. The van der Waals surface area contributed by atoms with Crippen molar-refractivity contribution in [2.45, 2.75) is 32.6 Å². The molecule has 0 aromatic heterocycles. The fourth-order valence-electron chi connectivity index (χ4n) is 4.40. The number of aryl methyl sites for hydroxylation is 1. The standard InChI is InChI=1S/C27H26O5/c1-18-5-4-6-19(13-18)11-12-32-25-14-20(9-10-23(25)28)24(29)17-27(26(30)31)15-21-7-2-3-8-22(21)16-27/h2-10,13-14,28H,11-12,15-17H2,1H3,(H,30,31). The molecule has 1 aliphatic carbocycles. The Hall–Kier alpha value is -3.60. The monoisotopic (exact) mass is 430 g/mol. The highest BCUT2D eigenvalue weighted by atomic mass is 16.5. The second kappa shape index (κ2) is 8.87. The van der Waals surface area contributed by atoms with Gasteiger partial charge in [-0.3, -0.25) is 9.59 Å². The van der Waals surface area contributed by atoms with Crippen LogP contribution in [0.25, 0.3) is 0 Å². The predicted molar refractivity (Wildman–Crippen MR) is 121 cm³/mol. The predicted octanol–water partition coefficient (Wildman–Crippen LogP) is 4.76.